The van der Waals surface area contributed by atoms with Crippen LogP contribution in [0.1, 0.15) is 27.2 Å². The van der Waals surface area contributed by atoms with Gasteiger partial charge < -0.3 is 0 Å². The summed E-state index contributed by atoms with van der Waals surface area (Å²) >= 11 is 2.15. The van der Waals surface area contributed by atoms with Gasteiger partial charge in [0.15, 0.2) is 0 Å². The van der Waals surface area contributed by atoms with Crippen LogP contribution in [0.15, 0.2) is 12.7 Å². The monoisotopic (exact) mass is 228 g/mol. The molecule has 0 aliphatic carbocycles. The number of allylic oxidation sites excluding steroid dienone is 1. The summed E-state index contributed by atoms with van der Waals surface area (Å²) in [6.45, 7) is 9.50. The number of rotatable bonds is 0. The minimum absolute atomic E-state index is 1.25. The van der Waals surface area contributed by atoms with Crippen molar-refractivity contribution in [3.8, 4) is 0 Å². The fourth-order valence-corrected chi connectivity index (χ4v) is 0. The molecule has 0 aliphatic heterocycles. The molecular weight excluding hydrogens is 211 g/mol. The lowest BCUT2D eigenvalue weighted by Crippen LogP contribution is -1.27. The maximum absolute atomic E-state index is 3.36. The highest BCUT2D eigenvalue weighted by Gasteiger charge is 1.35. The van der Waals surface area contributed by atoms with Gasteiger partial charge in [-0.3, -0.25) is 0 Å². The lowest BCUT2D eigenvalue weighted by atomic mass is 10.6. The van der Waals surface area contributed by atoms with Gasteiger partial charge in [-0.1, -0.05) is 48.9 Å². The first-order chi connectivity index (χ1) is 3.83. The van der Waals surface area contributed by atoms with Crippen molar-refractivity contribution in [3.05, 3.63) is 12.7 Å². The summed E-state index contributed by atoms with van der Waals surface area (Å²) in [5.41, 5.74) is 0. The van der Waals surface area contributed by atoms with Crippen molar-refractivity contribution in [2.24, 2.45) is 0 Å². The van der Waals surface area contributed by atoms with E-state index in [1.807, 2.05) is 11.9 Å². The first-order valence-corrected chi connectivity index (χ1v) is 4.94. The molecule has 0 saturated heterocycles. The molecule has 0 nitrogen and oxygen atoms in total. The Bertz CT molecular complexity index is 18.3. The van der Waals surface area contributed by atoms with E-state index in [9.17, 15) is 0 Å². The van der Waals surface area contributed by atoms with Crippen molar-refractivity contribution < 1.29 is 0 Å². The van der Waals surface area contributed by atoms with Crippen LogP contribution in [0.2, 0.25) is 0 Å². The highest BCUT2D eigenvalue weighted by Crippen LogP contribution is 1.56. The molecule has 0 aromatic rings. The van der Waals surface area contributed by atoms with Crippen molar-refractivity contribution in [1.29, 1.82) is 0 Å². The summed E-state index contributed by atoms with van der Waals surface area (Å²) in [5.74, 6) is 0. The van der Waals surface area contributed by atoms with E-state index in [0.717, 1.165) is 0 Å². The molecule has 0 amide bonds. The predicted octanol–water partition coefficient (Wildman–Crippen LogP) is 3.66. The van der Waals surface area contributed by atoms with Crippen molar-refractivity contribution in [2.75, 3.05) is 4.93 Å². The maximum atomic E-state index is 3.36. The van der Waals surface area contributed by atoms with Gasteiger partial charge in [0.1, 0.15) is 0 Å². The third-order valence-corrected chi connectivity index (χ3v) is 0. The highest BCUT2D eigenvalue weighted by molar-refractivity contribution is 14.1. The molecule has 0 spiro atoms. The van der Waals surface area contributed by atoms with Gasteiger partial charge in [0.25, 0.3) is 0 Å². The average Bonchev–Trinajstić information content (AvgIpc) is 1.75. The summed E-state index contributed by atoms with van der Waals surface area (Å²) in [4.78, 5) is 1.97. The molecule has 0 aromatic heterocycles. The molecule has 0 atom stereocenters. The zero-order chi connectivity index (χ0) is 7.41. The Morgan fingerprint density at radius 3 is 1.38 bits per heavy atom. The molecule has 0 unspecified atom stereocenters. The summed E-state index contributed by atoms with van der Waals surface area (Å²) < 4.78 is 0. The second-order valence-corrected chi connectivity index (χ2v) is 1.12. The molecule has 0 aromatic carbocycles. The summed E-state index contributed by atoms with van der Waals surface area (Å²) in [6.07, 6.45) is 3.00. The first-order valence-electron chi connectivity index (χ1n) is 2.78. The van der Waals surface area contributed by atoms with Gasteiger partial charge in [0.05, 0.1) is 0 Å². The fraction of sp³-hybridized carbons (Fsp3) is 0.714. The Labute approximate surface area is 67.5 Å². The van der Waals surface area contributed by atoms with Crippen LogP contribution in [0.5, 0.6) is 0 Å². The average molecular weight is 228 g/mol. The van der Waals surface area contributed by atoms with Crippen LogP contribution in [-0.4, -0.2) is 4.93 Å². The summed E-state index contributed by atoms with van der Waals surface area (Å²) in [5, 5.41) is 0. The van der Waals surface area contributed by atoms with E-state index >= 15 is 0 Å². The summed E-state index contributed by atoms with van der Waals surface area (Å²) in [6, 6.07) is 0. The SMILES string of the molecule is C=CC.CCC.CI. The lowest BCUT2D eigenvalue weighted by Gasteiger charge is -1.48. The second-order valence-electron chi connectivity index (χ2n) is 1.12. The Morgan fingerprint density at radius 2 is 1.38 bits per heavy atom. The zero-order valence-corrected chi connectivity index (χ0v) is 8.53. The van der Waals surface area contributed by atoms with Gasteiger partial charge in [0.2, 0.25) is 0 Å². The van der Waals surface area contributed by atoms with Gasteiger partial charge in [-0.15, -0.1) is 6.58 Å². The largest absolute Gasteiger partial charge is 0.103 e. The topological polar surface area (TPSA) is 0 Å². The van der Waals surface area contributed by atoms with Crippen molar-refractivity contribution in [2.45, 2.75) is 27.2 Å². The van der Waals surface area contributed by atoms with Crippen LogP contribution in [0, 0.1) is 0 Å². The van der Waals surface area contributed by atoms with Crippen LogP contribution in [-0.2, 0) is 0 Å². The molecule has 0 saturated carbocycles. The van der Waals surface area contributed by atoms with E-state index in [-0.39, 0.29) is 0 Å². The molecule has 52 valence electrons. The van der Waals surface area contributed by atoms with Crippen molar-refractivity contribution in [1.82, 2.24) is 0 Å². The van der Waals surface area contributed by atoms with E-state index < -0.39 is 0 Å². The molecular formula is C7H17I. The van der Waals surface area contributed by atoms with Crippen LogP contribution in [0.25, 0.3) is 0 Å². The molecule has 8 heavy (non-hydrogen) atoms. The van der Waals surface area contributed by atoms with Crippen LogP contribution >= 0.6 is 22.6 Å². The quantitative estimate of drug-likeness (QED) is 0.337. The van der Waals surface area contributed by atoms with Crippen molar-refractivity contribution in [3.63, 3.8) is 0 Å². The smallest absolute Gasteiger partial charge is 0.0121 e. The van der Waals surface area contributed by atoms with E-state index in [0.29, 0.717) is 0 Å². The molecule has 0 radical (unpaired) electrons. The maximum Gasteiger partial charge on any atom is -0.0121 e. The predicted molar refractivity (Wildman–Crippen MR) is 51.8 cm³/mol. The van der Waals surface area contributed by atoms with Gasteiger partial charge in [-0.2, -0.15) is 0 Å². The molecule has 0 fully saturated rings. The number of hydrogen-bond donors (Lipinski definition) is 0. The zero-order valence-electron chi connectivity index (χ0n) is 6.37. The molecule has 1 heteroatoms. The Hall–Kier alpha value is 0.470. The van der Waals surface area contributed by atoms with Crippen LogP contribution in [0.3, 0.4) is 0 Å². The standard InChI is InChI=1S/C3H8.C3H6.CH3I/c2*1-3-2;1-2/h3H2,1-2H3;3H,1H2,2H3;1H3. The third kappa shape index (κ3) is 876. The number of hydrogen-bond acceptors (Lipinski definition) is 0. The molecule has 0 rings (SSSR count). The molecule has 0 N–H and O–H groups in total. The minimum Gasteiger partial charge on any atom is -0.103 e. The van der Waals surface area contributed by atoms with E-state index in [2.05, 4.69) is 43.0 Å². The Balaban J connectivity index is -0.0000000483. The highest BCUT2D eigenvalue weighted by atomic mass is 127. The van der Waals surface area contributed by atoms with Gasteiger partial charge in [0, 0.05) is 0 Å². The minimum atomic E-state index is 1.25. The first kappa shape index (κ1) is 15.8. The second kappa shape index (κ2) is 51.3. The third-order valence-electron chi connectivity index (χ3n) is 0. The van der Waals surface area contributed by atoms with E-state index in [4.69, 9.17) is 0 Å². The number of halogens is 1. The van der Waals surface area contributed by atoms with Crippen molar-refractivity contribution >= 4 is 22.6 Å². The summed E-state index contributed by atoms with van der Waals surface area (Å²) in [7, 11) is 0. The number of alkyl halides is 1. The lowest BCUT2D eigenvalue weighted by molar-refractivity contribution is 1.09. The van der Waals surface area contributed by atoms with Gasteiger partial charge >= 0.3 is 0 Å². The van der Waals surface area contributed by atoms with E-state index in [1.165, 1.54) is 6.42 Å². The van der Waals surface area contributed by atoms with Crippen LogP contribution < -0.4 is 0 Å². The van der Waals surface area contributed by atoms with Gasteiger partial charge in [-0.05, 0) is 11.9 Å². The molecule has 0 bridgehead atoms. The van der Waals surface area contributed by atoms with Gasteiger partial charge in [-0.25, -0.2) is 0 Å². The molecule has 0 heterocycles. The Morgan fingerprint density at radius 1 is 1.38 bits per heavy atom. The van der Waals surface area contributed by atoms with Crippen LogP contribution in [0.4, 0.5) is 0 Å². The Kier molecular flexibility index (Phi) is 101. The normalized spacial score (nSPS) is 4.62. The molecule has 0 aliphatic rings. The van der Waals surface area contributed by atoms with E-state index in [1.54, 1.807) is 6.08 Å². The fourth-order valence-electron chi connectivity index (χ4n) is 0.